The lowest BCUT2D eigenvalue weighted by molar-refractivity contribution is 1.34. The number of para-hydroxylation sites is 4. The SMILES string of the molecule is Cc1ccccc1N=C1C=C(Nc2ccccc2C)C(=Nc2ccccc2C)C=C1Nc1ccccc1C. The van der Waals surface area contributed by atoms with E-state index in [1.807, 2.05) is 60.7 Å². The van der Waals surface area contributed by atoms with Crippen LogP contribution in [0.25, 0.3) is 0 Å². The molecule has 4 aromatic carbocycles. The molecular formula is C34H32N4. The molecular weight excluding hydrogens is 464 g/mol. The van der Waals surface area contributed by atoms with Crippen LogP contribution in [0.4, 0.5) is 22.7 Å². The first-order valence-electron chi connectivity index (χ1n) is 12.9. The van der Waals surface area contributed by atoms with Crippen molar-refractivity contribution in [2.24, 2.45) is 9.98 Å². The molecule has 0 saturated carbocycles. The minimum atomic E-state index is 0.836. The fourth-order valence-corrected chi connectivity index (χ4v) is 4.32. The van der Waals surface area contributed by atoms with Crippen LogP contribution >= 0.6 is 0 Å². The van der Waals surface area contributed by atoms with E-state index in [1.165, 1.54) is 0 Å². The van der Waals surface area contributed by atoms with Crippen LogP contribution < -0.4 is 10.6 Å². The first kappa shape index (κ1) is 25.0. The first-order chi connectivity index (χ1) is 18.5. The van der Waals surface area contributed by atoms with Gasteiger partial charge in [0.25, 0.3) is 0 Å². The van der Waals surface area contributed by atoms with E-state index in [0.29, 0.717) is 0 Å². The van der Waals surface area contributed by atoms with Crippen LogP contribution in [0.3, 0.4) is 0 Å². The van der Waals surface area contributed by atoms with E-state index in [1.54, 1.807) is 0 Å². The van der Waals surface area contributed by atoms with Crippen molar-refractivity contribution < 1.29 is 0 Å². The summed E-state index contributed by atoms with van der Waals surface area (Å²) in [7, 11) is 0. The maximum Gasteiger partial charge on any atom is 0.0894 e. The number of anilines is 2. The Labute approximate surface area is 225 Å². The molecule has 5 rings (SSSR count). The predicted octanol–water partition coefficient (Wildman–Crippen LogP) is 8.77. The normalized spacial score (nSPS) is 15.3. The average molecular weight is 497 g/mol. The van der Waals surface area contributed by atoms with E-state index in [0.717, 1.165) is 67.8 Å². The largest absolute Gasteiger partial charge is 0.353 e. The van der Waals surface area contributed by atoms with Gasteiger partial charge < -0.3 is 10.6 Å². The van der Waals surface area contributed by atoms with Crippen LogP contribution in [0, 0.1) is 27.7 Å². The Morgan fingerprint density at radius 3 is 1.13 bits per heavy atom. The second-order valence-electron chi connectivity index (χ2n) is 9.56. The van der Waals surface area contributed by atoms with Crippen LogP contribution in [0.2, 0.25) is 0 Å². The van der Waals surface area contributed by atoms with Crippen LogP contribution in [0.5, 0.6) is 0 Å². The van der Waals surface area contributed by atoms with Gasteiger partial charge in [0.15, 0.2) is 0 Å². The molecule has 1 aliphatic rings. The van der Waals surface area contributed by atoms with Gasteiger partial charge in [0.2, 0.25) is 0 Å². The number of benzene rings is 4. The van der Waals surface area contributed by atoms with Crippen molar-refractivity contribution in [1.82, 2.24) is 0 Å². The number of nitrogens with one attached hydrogen (secondary N) is 2. The third kappa shape index (κ3) is 5.65. The Balaban J connectivity index is 1.68. The quantitative estimate of drug-likeness (QED) is 0.262. The zero-order valence-electron chi connectivity index (χ0n) is 22.3. The summed E-state index contributed by atoms with van der Waals surface area (Å²) in [6.45, 7) is 8.38. The standard InChI is InChI=1S/C34H32N4/c1-23-13-5-9-17-27(23)35-31-21-33(37-29-19-11-7-15-25(29)3)34(38-30-20-12-8-16-26(30)4)22-32(31)36-28-18-10-6-14-24(28)2/h5-22,35,38H,1-4H3. The van der Waals surface area contributed by atoms with Crippen LogP contribution in [0.15, 0.2) is 131 Å². The summed E-state index contributed by atoms with van der Waals surface area (Å²) in [5.41, 5.74) is 12.0. The van der Waals surface area contributed by atoms with Crippen molar-refractivity contribution >= 4 is 34.2 Å². The smallest absolute Gasteiger partial charge is 0.0894 e. The summed E-state index contributed by atoms with van der Waals surface area (Å²) in [5.74, 6) is 0. The van der Waals surface area contributed by atoms with Gasteiger partial charge in [-0.05, 0) is 86.4 Å². The Hall–Kier alpha value is -4.70. The molecule has 0 saturated heterocycles. The van der Waals surface area contributed by atoms with Crippen LogP contribution in [0.1, 0.15) is 22.3 Å². The van der Waals surface area contributed by atoms with E-state index in [4.69, 9.17) is 9.98 Å². The molecule has 0 bridgehead atoms. The number of aryl methyl sites for hydroxylation is 4. The van der Waals surface area contributed by atoms with Gasteiger partial charge in [-0.1, -0.05) is 72.8 Å². The minimum absolute atomic E-state index is 0.836. The Morgan fingerprint density at radius 1 is 0.421 bits per heavy atom. The van der Waals surface area contributed by atoms with Gasteiger partial charge in [-0.2, -0.15) is 0 Å². The summed E-state index contributed by atoms with van der Waals surface area (Å²) in [6.07, 6.45) is 4.19. The molecule has 4 heteroatoms. The number of aliphatic imine (C=N–C) groups is 2. The highest BCUT2D eigenvalue weighted by atomic mass is 15.0. The van der Waals surface area contributed by atoms with E-state index in [2.05, 4.69) is 86.9 Å². The van der Waals surface area contributed by atoms with Gasteiger partial charge in [0.05, 0.1) is 34.2 Å². The Morgan fingerprint density at radius 2 is 0.763 bits per heavy atom. The van der Waals surface area contributed by atoms with Gasteiger partial charge in [-0.3, -0.25) is 0 Å². The van der Waals surface area contributed by atoms with Gasteiger partial charge in [-0.15, -0.1) is 0 Å². The molecule has 4 aromatic rings. The number of nitrogens with zero attached hydrogens (tertiary/aromatic N) is 2. The van der Waals surface area contributed by atoms with Crippen molar-refractivity contribution in [2.45, 2.75) is 27.7 Å². The Kier molecular flexibility index (Phi) is 7.32. The summed E-state index contributed by atoms with van der Waals surface area (Å²) in [6, 6.07) is 33.0. The van der Waals surface area contributed by atoms with E-state index in [-0.39, 0.29) is 0 Å². The summed E-state index contributed by atoms with van der Waals surface area (Å²) in [4.78, 5) is 10.2. The molecule has 0 aliphatic heterocycles. The van der Waals surface area contributed by atoms with Crippen molar-refractivity contribution in [2.75, 3.05) is 10.6 Å². The molecule has 1 aliphatic carbocycles. The van der Waals surface area contributed by atoms with E-state index in [9.17, 15) is 0 Å². The molecule has 38 heavy (non-hydrogen) atoms. The van der Waals surface area contributed by atoms with Crippen molar-refractivity contribution in [3.8, 4) is 0 Å². The lowest BCUT2D eigenvalue weighted by Gasteiger charge is -2.22. The second kappa shape index (κ2) is 11.1. The van der Waals surface area contributed by atoms with Crippen LogP contribution in [-0.4, -0.2) is 11.4 Å². The van der Waals surface area contributed by atoms with Gasteiger partial charge in [-0.25, -0.2) is 9.98 Å². The molecule has 0 amide bonds. The fourth-order valence-electron chi connectivity index (χ4n) is 4.32. The summed E-state index contributed by atoms with van der Waals surface area (Å²) < 4.78 is 0. The fraction of sp³-hybridized carbons (Fsp3) is 0.118. The topological polar surface area (TPSA) is 48.8 Å². The lowest BCUT2D eigenvalue weighted by atomic mass is 10.0. The lowest BCUT2D eigenvalue weighted by Crippen LogP contribution is -2.22. The Bertz CT molecular complexity index is 1480. The monoisotopic (exact) mass is 496 g/mol. The molecule has 4 nitrogen and oxygen atoms in total. The number of hydrogen-bond donors (Lipinski definition) is 2. The van der Waals surface area contributed by atoms with Crippen molar-refractivity contribution in [3.63, 3.8) is 0 Å². The molecule has 0 fully saturated rings. The van der Waals surface area contributed by atoms with Crippen molar-refractivity contribution in [3.05, 3.63) is 143 Å². The highest BCUT2D eigenvalue weighted by Crippen LogP contribution is 2.28. The maximum atomic E-state index is 5.11. The first-order valence-corrected chi connectivity index (χ1v) is 12.9. The number of hydrogen-bond acceptors (Lipinski definition) is 4. The molecule has 2 N–H and O–H groups in total. The molecule has 0 radical (unpaired) electrons. The third-order valence-corrected chi connectivity index (χ3v) is 6.66. The zero-order chi connectivity index (χ0) is 26.5. The zero-order valence-corrected chi connectivity index (χ0v) is 22.3. The summed E-state index contributed by atoms with van der Waals surface area (Å²) >= 11 is 0. The van der Waals surface area contributed by atoms with Gasteiger partial charge in [0, 0.05) is 11.4 Å². The summed E-state index contributed by atoms with van der Waals surface area (Å²) in [5, 5.41) is 7.28. The molecule has 0 unspecified atom stereocenters. The predicted molar refractivity (Wildman–Crippen MR) is 162 cm³/mol. The number of allylic oxidation sites excluding steroid dienone is 2. The molecule has 0 heterocycles. The highest BCUT2D eigenvalue weighted by molar-refractivity contribution is 6.26. The molecule has 0 spiro atoms. The maximum absolute atomic E-state index is 5.11. The van der Waals surface area contributed by atoms with Crippen molar-refractivity contribution in [1.29, 1.82) is 0 Å². The van der Waals surface area contributed by atoms with E-state index >= 15 is 0 Å². The second-order valence-corrected chi connectivity index (χ2v) is 9.56. The van der Waals surface area contributed by atoms with Gasteiger partial charge in [0.1, 0.15) is 0 Å². The minimum Gasteiger partial charge on any atom is -0.353 e. The molecule has 0 aromatic heterocycles. The average Bonchev–Trinajstić information content (AvgIpc) is 2.91. The highest BCUT2D eigenvalue weighted by Gasteiger charge is 2.20. The van der Waals surface area contributed by atoms with E-state index < -0.39 is 0 Å². The number of rotatable bonds is 6. The molecule has 188 valence electrons. The molecule has 0 atom stereocenters. The van der Waals surface area contributed by atoms with Gasteiger partial charge >= 0.3 is 0 Å². The third-order valence-electron chi connectivity index (χ3n) is 6.66. The van der Waals surface area contributed by atoms with Crippen LogP contribution in [-0.2, 0) is 0 Å².